The van der Waals surface area contributed by atoms with E-state index in [1.54, 1.807) is 18.2 Å². The fraction of sp³-hybridized carbons (Fsp3) is 0.286. The second-order valence-corrected chi connectivity index (χ2v) is 5.02. The number of hydrogen-bond donors (Lipinski definition) is 2. The Morgan fingerprint density at radius 1 is 1.43 bits per heavy atom. The molecule has 0 fully saturated rings. The van der Waals surface area contributed by atoms with Crippen molar-refractivity contribution in [2.75, 3.05) is 13.7 Å². The second kappa shape index (κ2) is 8.67. The number of carboxylic acid groups (broad SMARTS) is 1. The summed E-state index contributed by atoms with van der Waals surface area (Å²) in [5.41, 5.74) is 0.572. The van der Waals surface area contributed by atoms with Crippen molar-refractivity contribution in [2.45, 2.75) is 12.5 Å². The first-order valence-corrected chi connectivity index (χ1v) is 6.85. The van der Waals surface area contributed by atoms with Crippen molar-refractivity contribution < 1.29 is 19.4 Å². The molecule has 2 N–H and O–H groups in total. The van der Waals surface area contributed by atoms with E-state index in [1.807, 2.05) is 0 Å². The summed E-state index contributed by atoms with van der Waals surface area (Å²) in [4.78, 5) is 22.7. The number of amides is 1. The van der Waals surface area contributed by atoms with E-state index >= 15 is 0 Å². The third-order valence-corrected chi connectivity index (χ3v) is 3.18. The minimum atomic E-state index is -1.12. The van der Waals surface area contributed by atoms with E-state index in [0.717, 1.165) is 0 Å². The van der Waals surface area contributed by atoms with Crippen LogP contribution in [0.2, 0.25) is 10.0 Å². The highest BCUT2D eigenvalue weighted by Crippen LogP contribution is 2.21. The summed E-state index contributed by atoms with van der Waals surface area (Å²) in [6.45, 7) is 0.237. The zero-order valence-corrected chi connectivity index (χ0v) is 12.8. The van der Waals surface area contributed by atoms with Crippen LogP contribution in [0.4, 0.5) is 0 Å². The summed E-state index contributed by atoms with van der Waals surface area (Å²) in [6.07, 6.45) is 2.86. The molecular weight excluding hydrogens is 317 g/mol. The van der Waals surface area contributed by atoms with Crippen molar-refractivity contribution in [2.24, 2.45) is 0 Å². The van der Waals surface area contributed by atoms with E-state index in [-0.39, 0.29) is 13.0 Å². The number of carbonyl (C=O) groups excluding carboxylic acids is 1. The number of aliphatic carboxylic acids is 1. The molecule has 21 heavy (non-hydrogen) atoms. The molecule has 5 nitrogen and oxygen atoms in total. The van der Waals surface area contributed by atoms with Gasteiger partial charge in [0.05, 0.1) is 0 Å². The lowest BCUT2D eigenvalue weighted by molar-refractivity contribution is -0.141. The third-order valence-electron chi connectivity index (χ3n) is 2.60. The first kappa shape index (κ1) is 17.5. The summed E-state index contributed by atoms with van der Waals surface area (Å²) in [6, 6.07) is 3.84. The molecule has 1 amide bonds. The summed E-state index contributed by atoms with van der Waals surface area (Å²) in [5, 5.41) is 12.3. The monoisotopic (exact) mass is 331 g/mol. The van der Waals surface area contributed by atoms with E-state index < -0.39 is 17.9 Å². The van der Waals surface area contributed by atoms with Gasteiger partial charge in [0, 0.05) is 36.3 Å². The minimum absolute atomic E-state index is 0.184. The average Bonchev–Trinajstić information content (AvgIpc) is 2.44. The van der Waals surface area contributed by atoms with Crippen LogP contribution in [0.1, 0.15) is 12.0 Å². The van der Waals surface area contributed by atoms with Crippen LogP contribution in [0.5, 0.6) is 0 Å². The first-order chi connectivity index (χ1) is 9.93. The average molecular weight is 332 g/mol. The fourth-order valence-electron chi connectivity index (χ4n) is 1.52. The maximum absolute atomic E-state index is 11.7. The van der Waals surface area contributed by atoms with Crippen LogP contribution in [0.15, 0.2) is 24.3 Å². The van der Waals surface area contributed by atoms with E-state index in [0.29, 0.717) is 15.6 Å². The second-order valence-electron chi connectivity index (χ2n) is 4.18. The third kappa shape index (κ3) is 6.16. The normalized spacial score (nSPS) is 12.3. The van der Waals surface area contributed by atoms with Gasteiger partial charge >= 0.3 is 5.97 Å². The summed E-state index contributed by atoms with van der Waals surface area (Å²) < 4.78 is 4.80. The van der Waals surface area contributed by atoms with Gasteiger partial charge in [-0.2, -0.15) is 0 Å². The minimum Gasteiger partial charge on any atom is -0.480 e. The molecular formula is C14H15Cl2NO4. The standard InChI is InChI=1S/C14H15Cl2NO4/c1-21-7-6-12(14(19)20)17-13(18)5-2-9-8-10(15)3-4-11(9)16/h2-5,8,12H,6-7H2,1H3,(H,17,18)(H,19,20). The predicted molar refractivity (Wildman–Crippen MR) is 81.6 cm³/mol. The van der Waals surface area contributed by atoms with E-state index in [9.17, 15) is 9.59 Å². The lowest BCUT2D eigenvalue weighted by atomic mass is 10.2. The number of benzene rings is 1. The van der Waals surface area contributed by atoms with E-state index in [2.05, 4.69) is 5.32 Å². The molecule has 0 aromatic heterocycles. The smallest absolute Gasteiger partial charge is 0.326 e. The number of ether oxygens (including phenoxy) is 1. The highest BCUT2D eigenvalue weighted by molar-refractivity contribution is 6.34. The number of nitrogens with one attached hydrogen (secondary N) is 1. The van der Waals surface area contributed by atoms with Crippen molar-refractivity contribution in [1.82, 2.24) is 5.32 Å². The SMILES string of the molecule is COCCC(NC(=O)C=Cc1cc(Cl)ccc1Cl)C(=O)O. The van der Waals surface area contributed by atoms with Gasteiger partial charge in [0.1, 0.15) is 6.04 Å². The summed E-state index contributed by atoms with van der Waals surface area (Å²) in [7, 11) is 1.46. The quantitative estimate of drug-likeness (QED) is 0.753. The van der Waals surface area contributed by atoms with Gasteiger partial charge in [-0.3, -0.25) is 4.79 Å². The van der Waals surface area contributed by atoms with Crippen LogP contribution in [-0.4, -0.2) is 36.7 Å². The van der Waals surface area contributed by atoms with Crippen molar-refractivity contribution >= 4 is 41.2 Å². The molecule has 0 heterocycles. The van der Waals surface area contributed by atoms with Gasteiger partial charge in [0.25, 0.3) is 0 Å². The zero-order chi connectivity index (χ0) is 15.8. The molecule has 0 aliphatic heterocycles. The Hall–Kier alpha value is -1.56. The number of rotatable bonds is 7. The van der Waals surface area contributed by atoms with Crippen LogP contribution < -0.4 is 5.32 Å². The number of carbonyl (C=O) groups is 2. The molecule has 7 heteroatoms. The number of carboxylic acids is 1. The Kier molecular flexibility index (Phi) is 7.22. The molecule has 0 bridgehead atoms. The summed E-state index contributed by atoms with van der Waals surface area (Å²) in [5.74, 6) is -1.65. The van der Waals surface area contributed by atoms with Crippen molar-refractivity contribution in [3.8, 4) is 0 Å². The largest absolute Gasteiger partial charge is 0.480 e. The van der Waals surface area contributed by atoms with Crippen LogP contribution in [0.25, 0.3) is 6.08 Å². The van der Waals surface area contributed by atoms with Crippen LogP contribution in [-0.2, 0) is 14.3 Å². The van der Waals surface area contributed by atoms with E-state index in [4.69, 9.17) is 33.0 Å². The van der Waals surface area contributed by atoms with Crippen molar-refractivity contribution in [3.63, 3.8) is 0 Å². The first-order valence-electron chi connectivity index (χ1n) is 6.09. The molecule has 1 aromatic carbocycles. The van der Waals surface area contributed by atoms with Gasteiger partial charge in [-0.15, -0.1) is 0 Å². The molecule has 1 aromatic rings. The molecule has 1 atom stereocenters. The topological polar surface area (TPSA) is 75.6 Å². The maximum Gasteiger partial charge on any atom is 0.326 e. The Bertz CT molecular complexity index is 546. The van der Waals surface area contributed by atoms with Crippen LogP contribution in [0, 0.1) is 0 Å². The van der Waals surface area contributed by atoms with Gasteiger partial charge in [-0.05, 0) is 29.8 Å². The number of halogens is 2. The predicted octanol–water partition coefficient (Wildman–Crippen LogP) is 2.61. The van der Waals surface area contributed by atoms with Gasteiger partial charge < -0.3 is 15.2 Å². The highest BCUT2D eigenvalue weighted by atomic mass is 35.5. The van der Waals surface area contributed by atoms with Crippen molar-refractivity contribution in [1.29, 1.82) is 0 Å². The molecule has 0 saturated heterocycles. The van der Waals surface area contributed by atoms with Gasteiger partial charge in [-0.25, -0.2) is 4.79 Å². The number of hydrogen-bond acceptors (Lipinski definition) is 3. The molecule has 1 rings (SSSR count). The highest BCUT2D eigenvalue weighted by Gasteiger charge is 2.18. The fourth-order valence-corrected chi connectivity index (χ4v) is 1.88. The lowest BCUT2D eigenvalue weighted by Crippen LogP contribution is -2.40. The Morgan fingerprint density at radius 2 is 2.14 bits per heavy atom. The Morgan fingerprint density at radius 3 is 2.76 bits per heavy atom. The summed E-state index contributed by atoms with van der Waals surface area (Å²) >= 11 is 11.8. The van der Waals surface area contributed by atoms with Gasteiger partial charge in [-0.1, -0.05) is 23.2 Å². The van der Waals surface area contributed by atoms with Crippen LogP contribution >= 0.6 is 23.2 Å². The lowest BCUT2D eigenvalue weighted by Gasteiger charge is -2.12. The molecule has 114 valence electrons. The molecule has 0 aliphatic carbocycles. The number of methoxy groups -OCH3 is 1. The van der Waals surface area contributed by atoms with Crippen molar-refractivity contribution in [3.05, 3.63) is 39.9 Å². The van der Waals surface area contributed by atoms with Crippen LogP contribution in [0.3, 0.4) is 0 Å². The van der Waals surface area contributed by atoms with E-state index in [1.165, 1.54) is 19.3 Å². The molecule has 0 saturated carbocycles. The molecule has 0 spiro atoms. The zero-order valence-electron chi connectivity index (χ0n) is 11.3. The Labute approximate surface area is 132 Å². The van der Waals surface area contributed by atoms with Gasteiger partial charge in [0.15, 0.2) is 0 Å². The van der Waals surface area contributed by atoms with Gasteiger partial charge in [0.2, 0.25) is 5.91 Å². The Balaban J connectivity index is 2.68. The maximum atomic E-state index is 11.7. The molecule has 0 aliphatic rings. The molecule has 1 unspecified atom stereocenters. The molecule has 0 radical (unpaired) electrons.